The van der Waals surface area contributed by atoms with Gasteiger partial charge in [-0.2, -0.15) is 0 Å². The van der Waals surface area contributed by atoms with Crippen LogP contribution >= 0.6 is 0 Å². The van der Waals surface area contributed by atoms with Crippen LogP contribution in [-0.4, -0.2) is 4.57 Å². The maximum atomic E-state index is 2.48. The van der Waals surface area contributed by atoms with Crippen molar-refractivity contribution in [2.75, 3.05) is 4.90 Å². The van der Waals surface area contributed by atoms with E-state index in [1.54, 1.807) is 0 Å². The van der Waals surface area contributed by atoms with Crippen LogP contribution in [0.1, 0.15) is 25.0 Å². The number of rotatable bonds is 6. The molecule has 1 aromatic heterocycles. The zero-order chi connectivity index (χ0) is 40.7. The van der Waals surface area contributed by atoms with Gasteiger partial charge < -0.3 is 9.47 Å². The maximum absolute atomic E-state index is 2.48. The highest BCUT2D eigenvalue weighted by Crippen LogP contribution is 2.53. The van der Waals surface area contributed by atoms with E-state index in [4.69, 9.17) is 0 Å². The van der Waals surface area contributed by atoms with Crippen molar-refractivity contribution < 1.29 is 0 Å². The first-order valence-electron chi connectivity index (χ1n) is 21.3. The zero-order valence-electron chi connectivity index (χ0n) is 34.2. The summed E-state index contributed by atoms with van der Waals surface area (Å²) in [5.74, 6) is 0. The molecule has 0 spiro atoms. The number of nitrogens with zero attached hydrogens (tertiary/aromatic N) is 2. The predicted molar refractivity (Wildman–Crippen MR) is 259 cm³/mol. The molecule has 61 heavy (non-hydrogen) atoms. The Labute approximate surface area is 356 Å². The van der Waals surface area contributed by atoms with Gasteiger partial charge in [0.05, 0.1) is 16.7 Å². The van der Waals surface area contributed by atoms with Gasteiger partial charge >= 0.3 is 0 Å². The summed E-state index contributed by atoms with van der Waals surface area (Å²) in [6.07, 6.45) is 0. The van der Waals surface area contributed by atoms with Crippen molar-refractivity contribution in [2.24, 2.45) is 0 Å². The molecule has 0 unspecified atom stereocenters. The SMILES string of the molecule is CC1(C)c2cc(N(c3ccc(-c4ccccc4)cc3)c3ccc(-c4cc5ccccc5c5ccccc45)cc3)ccc2-c2c(-n3c4ccccc4c4ccccc43)cccc21. The second kappa shape index (κ2) is 13.7. The van der Waals surface area contributed by atoms with Gasteiger partial charge in [-0.25, -0.2) is 0 Å². The first-order chi connectivity index (χ1) is 30.0. The normalized spacial score (nSPS) is 12.9. The number of hydrogen-bond donors (Lipinski definition) is 0. The molecule has 0 radical (unpaired) electrons. The lowest BCUT2D eigenvalue weighted by Crippen LogP contribution is -2.16. The highest BCUT2D eigenvalue weighted by Gasteiger charge is 2.38. The molecule has 2 heteroatoms. The van der Waals surface area contributed by atoms with Crippen LogP contribution in [0.2, 0.25) is 0 Å². The molecule has 12 rings (SSSR count). The Balaban J connectivity index is 1.01. The average molecular weight is 779 g/mol. The molecule has 0 N–H and O–H groups in total. The predicted octanol–water partition coefficient (Wildman–Crippen LogP) is 16.2. The number of hydrogen-bond acceptors (Lipinski definition) is 1. The van der Waals surface area contributed by atoms with Crippen molar-refractivity contribution in [3.8, 4) is 39.1 Å². The largest absolute Gasteiger partial charge is 0.310 e. The standard InChI is InChI=1S/C59H42N2/c1-59(2)53-23-14-26-57(61-55-24-12-10-21-49(55)50-22-11-13-25-56(50)61)58(53)51-36-35-45(38-54(51)59)60(43-31-27-40(28-32-43)39-15-4-3-5-16-39)44-33-29-41(30-34-44)52-37-42-17-6-7-18-46(42)47-19-8-9-20-48(47)52/h3-38H,1-2H3. The summed E-state index contributed by atoms with van der Waals surface area (Å²) in [7, 11) is 0. The molecule has 0 fully saturated rings. The summed E-state index contributed by atoms with van der Waals surface area (Å²) in [6, 6.07) is 80.3. The molecule has 0 amide bonds. The number of aromatic nitrogens is 1. The monoisotopic (exact) mass is 778 g/mol. The van der Waals surface area contributed by atoms with Crippen LogP contribution in [0.15, 0.2) is 218 Å². The summed E-state index contributed by atoms with van der Waals surface area (Å²) in [5, 5.41) is 7.64. The summed E-state index contributed by atoms with van der Waals surface area (Å²) in [5.41, 5.74) is 17.0. The number of fused-ring (bicyclic) bond motifs is 9. The molecule has 1 heterocycles. The molecule has 1 aliphatic rings. The van der Waals surface area contributed by atoms with Gasteiger partial charge in [0, 0.05) is 38.8 Å². The van der Waals surface area contributed by atoms with Gasteiger partial charge in [0.2, 0.25) is 0 Å². The number of benzene rings is 10. The molecule has 0 saturated carbocycles. The second-order valence-corrected chi connectivity index (χ2v) is 16.9. The van der Waals surface area contributed by atoms with Gasteiger partial charge in [-0.1, -0.05) is 172 Å². The lowest BCUT2D eigenvalue weighted by Gasteiger charge is -2.28. The van der Waals surface area contributed by atoms with Crippen LogP contribution in [0.3, 0.4) is 0 Å². The minimum atomic E-state index is -0.223. The third kappa shape index (κ3) is 5.49. The van der Waals surface area contributed by atoms with E-state index in [2.05, 4.69) is 242 Å². The fourth-order valence-corrected chi connectivity index (χ4v) is 10.2. The topological polar surface area (TPSA) is 8.17 Å². The van der Waals surface area contributed by atoms with E-state index in [1.807, 2.05) is 0 Å². The van der Waals surface area contributed by atoms with Crippen molar-refractivity contribution in [3.63, 3.8) is 0 Å². The van der Waals surface area contributed by atoms with Crippen LogP contribution in [0.4, 0.5) is 17.1 Å². The van der Waals surface area contributed by atoms with Gasteiger partial charge in [-0.05, 0) is 121 Å². The Kier molecular flexibility index (Phi) is 7.92. The molecule has 288 valence electrons. The third-order valence-corrected chi connectivity index (χ3v) is 13.2. The summed E-state index contributed by atoms with van der Waals surface area (Å²) in [4.78, 5) is 2.42. The molecule has 2 nitrogen and oxygen atoms in total. The van der Waals surface area contributed by atoms with E-state index in [0.717, 1.165) is 17.1 Å². The maximum Gasteiger partial charge on any atom is 0.0543 e. The Morgan fingerprint density at radius 3 is 1.59 bits per heavy atom. The first kappa shape index (κ1) is 35.3. The van der Waals surface area contributed by atoms with Crippen LogP contribution in [0.25, 0.3) is 82.4 Å². The van der Waals surface area contributed by atoms with Crippen molar-refractivity contribution in [1.29, 1.82) is 0 Å². The fraction of sp³-hybridized carbons (Fsp3) is 0.0508. The van der Waals surface area contributed by atoms with Crippen molar-refractivity contribution in [2.45, 2.75) is 19.3 Å². The third-order valence-electron chi connectivity index (χ3n) is 13.2. The number of para-hydroxylation sites is 2. The quantitative estimate of drug-likeness (QED) is 0.153. The van der Waals surface area contributed by atoms with Gasteiger partial charge in [0.25, 0.3) is 0 Å². The molecule has 0 bridgehead atoms. The lowest BCUT2D eigenvalue weighted by atomic mass is 9.82. The van der Waals surface area contributed by atoms with Crippen molar-refractivity contribution in [3.05, 3.63) is 230 Å². The Hall–Kier alpha value is -7.68. The highest BCUT2D eigenvalue weighted by atomic mass is 15.1. The zero-order valence-corrected chi connectivity index (χ0v) is 34.2. The Morgan fingerprint density at radius 1 is 0.361 bits per heavy atom. The van der Waals surface area contributed by atoms with Crippen molar-refractivity contribution >= 4 is 60.4 Å². The van der Waals surface area contributed by atoms with Crippen molar-refractivity contribution in [1.82, 2.24) is 4.57 Å². The molecule has 11 aromatic rings. The molecule has 10 aromatic carbocycles. The minimum Gasteiger partial charge on any atom is -0.310 e. The molecule has 1 aliphatic carbocycles. The number of anilines is 3. The Bertz CT molecular complexity index is 3430. The van der Waals surface area contributed by atoms with Crippen LogP contribution in [0, 0.1) is 0 Å². The fourth-order valence-electron chi connectivity index (χ4n) is 10.2. The molecular formula is C59H42N2. The molecule has 0 saturated heterocycles. The molecule has 0 aliphatic heterocycles. The van der Waals surface area contributed by atoms with E-state index in [-0.39, 0.29) is 5.41 Å². The van der Waals surface area contributed by atoms with Crippen LogP contribution in [-0.2, 0) is 5.41 Å². The van der Waals surface area contributed by atoms with E-state index in [1.165, 1.54) is 93.5 Å². The second-order valence-electron chi connectivity index (χ2n) is 16.9. The summed E-state index contributed by atoms with van der Waals surface area (Å²) in [6.45, 7) is 4.78. The average Bonchev–Trinajstić information content (AvgIpc) is 3.77. The van der Waals surface area contributed by atoms with Gasteiger partial charge in [0.15, 0.2) is 0 Å². The van der Waals surface area contributed by atoms with Crippen LogP contribution in [0.5, 0.6) is 0 Å². The van der Waals surface area contributed by atoms with Gasteiger partial charge in [-0.3, -0.25) is 0 Å². The molecular weight excluding hydrogens is 737 g/mol. The van der Waals surface area contributed by atoms with Gasteiger partial charge in [-0.15, -0.1) is 0 Å². The van der Waals surface area contributed by atoms with E-state index in [0.29, 0.717) is 0 Å². The first-order valence-corrected chi connectivity index (χ1v) is 21.3. The highest BCUT2D eigenvalue weighted by molar-refractivity contribution is 6.14. The molecule has 0 atom stereocenters. The Morgan fingerprint density at radius 2 is 0.902 bits per heavy atom. The van der Waals surface area contributed by atoms with E-state index < -0.39 is 0 Å². The minimum absolute atomic E-state index is 0.223. The summed E-state index contributed by atoms with van der Waals surface area (Å²) >= 11 is 0. The van der Waals surface area contributed by atoms with E-state index >= 15 is 0 Å². The van der Waals surface area contributed by atoms with Crippen LogP contribution < -0.4 is 4.90 Å². The smallest absolute Gasteiger partial charge is 0.0543 e. The summed E-state index contributed by atoms with van der Waals surface area (Å²) < 4.78 is 2.48. The van der Waals surface area contributed by atoms with E-state index in [9.17, 15) is 0 Å². The van der Waals surface area contributed by atoms with Gasteiger partial charge in [0.1, 0.15) is 0 Å². The lowest BCUT2D eigenvalue weighted by molar-refractivity contribution is 0.660.